The molecule has 0 aliphatic rings. The Labute approximate surface area is 152 Å². The van der Waals surface area contributed by atoms with Crippen molar-refractivity contribution in [3.8, 4) is 0 Å². The lowest BCUT2D eigenvalue weighted by Gasteiger charge is -2.12. The molecule has 0 saturated carbocycles. The predicted molar refractivity (Wildman–Crippen MR) is 108 cm³/mol. The minimum absolute atomic E-state index is 0.540. The molecule has 4 rings (SSSR count). The zero-order valence-electron chi connectivity index (χ0n) is 14.9. The third-order valence-corrected chi connectivity index (χ3v) is 4.61. The van der Waals surface area contributed by atoms with Crippen LogP contribution in [0.4, 0.5) is 11.6 Å². The Balaban J connectivity index is 1.71. The van der Waals surface area contributed by atoms with Crippen LogP contribution in [0.15, 0.2) is 54.9 Å². The number of aromatic nitrogens is 3. The number of hydrogen-bond donors (Lipinski definition) is 2. The van der Waals surface area contributed by atoms with Crippen LogP contribution in [0.1, 0.15) is 25.5 Å². The van der Waals surface area contributed by atoms with E-state index in [1.807, 2.05) is 18.3 Å². The minimum Gasteiger partial charge on any atom is -0.384 e. The third-order valence-electron chi connectivity index (χ3n) is 4.61. The van der Waals surface area contributed by atoms with Gasteiger partial charge in [0, 0.05) is 29.7 Å². The second kappa shape index (κ2) is 7.04. The topological polar surface area (TPSA) is 68.8 Å². The van der Waals surface area contributed by atoms with Gasteiger partial charge in [0.2, 0.25) is 0 Å². The maximum absolute atomic E-state index is 5.98. The molecule has 0 aliphatic heterocycles. The number of pyridine rings is 2. The summed E-state index contributed by atoms with van der Waals surface area (Å²) in [6.07, 6.45) is 6.26. The standard InChI is InChI=1S/C21H23N5/c1-2-3-9-23-21-20-16(12-19(22)25-21)8-10-26(20)14-18-11-15-6-4-5-7-17(15)13-24-18/h4-8,10-13H,2-3,9,14H2,1H3,(H3,22,23,25). The van der Waals surface area contributed by atoms with Crippen molar-refractivity contribution in [1.29, 1.82) is 0 Å². The van der Waals surface area contributed by atoms with E-state index in [2.05, 4.69) is 63.3 Å². The van der Waals surface area contributed by atoms with Crippen molar-refractivity contribution >= 4 is 33.3 Å². The van der Waals surface area contributed by atoms with Gasteiger partial charge in [-0.3, -0.25) is 4.98 Å². The molecule has 26 heavy (non-hydrogen) atoms. The number of benzene rings is 1. The summed E-state index contributed by atoms with van der Waals surface area (Å²) >= 11 is 0. The van der Waals surface area contributed by atoms with Crippen LogP contribution in [-0.2, 0) is 6.54 Å². The first-order valence-corrected chi connectivity index (χ1v) is 9.07. The molecular weight excluding hydrogens is 322 g/mol. The fourth-order valence-electron chi connectivity index (χ4n) is 3.28. The Kier molecular flexibility index (Phi) is 4.44. The molecule has 5 nitrogen and oxygen atoms in total. The van der Waals surface area contributed by atoms with E-state index < -0.39 is 0 Å². The minimum atomic E-state index is 0.540. The summed E-state index contributed by atoms with van der Waals surface area (Å²) in [4.78, 5) is 9.15. The van der Waals surface area contributed by atoms with Gasteiger partial charge in [0.15, 0.2) is 5.82 Å². The molecule has 0 fully saturated rings. The van der Waals surface area contributed by atoms with Gasteiger partial charge in [-0.15, -0.1) is 0 Å². The lowest BCUT2D eigenvalue weighted by molar-refractivity contribution is 0.804. The lowest BCUT2D eigenvalue weighted by atomic mass is 10.1. The van der Waals surface area contributed by atoms with E-state index >= 15 is 0 Å². The summed E-state index contributed by atoms with van der Waals surface area (Å²) in [5.74, 6) is 1.39. The van der Waals surface area contributed by atoms with Gasteiger partial charge in [-0.05, 0) is 30.0 Å². The van der Waals surface area contributed by atoms with Crippen molar-refractivity contribution < 1.29 is 0 Å². The van der Waals surface area contributed by atoms with E-state index in [4.69, 9.17) is 5.73 Å². The van der Waals surface area contributed by atoms with E-state index in [9.17, 15) is 0 Å². The van der Waals surface area contributed by atoms with Gasteiger partial charge in [-0.25, -0.2) is 4.98 Å². The molecule has 0 amide bonds. The van der Waals surface area contributed by atoms with Crippen molar-refractivity contribution in [3.05, 3.63) is 60.6 Å². The maximum atomic E-state index is 5.98. The van der Waals surface area contributed by atoms with Crippen LogP contribution in [0.2, 0.25) is 0 Å². The van der Waals surface area contributed by atoms with Crippen LogP contribution in [-0.4, -0.2) is 21.1 Å². The average molecular weight is 345 g/mol. The Morgan fingerprint density at radius 1 is 1.08 bits per heavy atom. The van der Waals surface area contributed by atoms with E-state index in [0.29, 0.717) is 12.4 Å². The Morgan fingerprint density at radius 3 is 2.77 bits per heavy atom. The zero-order chi connectivity index (χ0) is 17.9. The van der Waals surface area contributed by atoms with Gasteiger partial charge < -0.3 is 15.6 Å². The Morgan fingerprint density at radius 2 is 1.92 bits per heavy atom. The van der Waals surface area contributed by atoms with Gasteiger partial charge in [-0.2, -0.15) is 0 Å². The summed E-state index contributed by atoms with van der Waals surface area (Å²) in [5, 5.41) is 6.90. The molecule has 132 valence electrons. The molecule has 3 aromatic heterocycles. The normalized spacial score (nSPS) is 11.3. The van der Waals surface area contributed by atoms with Crippen LogP contribution in [0, 0.1) is 0 Å². The molecule has 3 heterocycles. The molecule has 4 aromatic rings. The van der Waals surface area contributed by atoms with Crippen molar-refractivity contribution in [1.82, 2.24) is 14.5 Å². The van der Waals surface area contributed by atoms with Crippen LogP contribution in [0.5, 0.6) is 0 Å². The van der Waals surface area contributed by atoms with E-state index in [0.717, 1.165) is 47.2 Å². The van der Waals surface area contributed by atoms with Crippen molar-refractivity contribution in [2.45, 2.75) is 26.3 Å². The van der Waals surface area contributed by atoms with E-state index in [1.54, 1.807) is 0 Å². The SMILES string of the molecule is CCCCNc1nc(N)cc2ccn(Cc3cc4ccccc4cn3)c12. The first-order valence-electron chi connectivity index (χ1n) is 9.07. The largest absolute Gasteiger partial charge is 0.384 e. The summed E-state index contributed by atoms with van der Waals surface area (Å²) in [6, 6.07) is 14.4. The zero-order valence-corrected chi connectivity index (χ0v) is 14.9. The van der Waals surface area contributed by atoms with Gasteiger partial charge in [0.05, 0.1) is 17.8 Å². The maximum Gasteiger partial charge on any atom is 0.153 e. The third kappa shape index (κ3) is 3.20. The van der Waals surface area contributed by atoms with Crippen molar-refractivity contribution in [2.75, 3.05) is 17.6 Å². The van der Waals surface area contributed by atoms with Crippen molar-refractivity contribution in [3.63, 3.8) is 0 Å². The van der Waals surface area contributed by atoms with Crippen LogP contribution >= 0.6 is 0 Å². The highest BCUT2D eigenvalue weighted by Crippen LogP contribution is 2.26. The highest BCUT2D eigenvalue weighted by atomic mass is 15.1. The summed E-state index contributed by atoms with van der Waals surface area (Å²) < 4.78 is 2.19. The predicted octanol–water partition coefficient (Wildman–Crippen LogP) is 4.43. The molecule has 0 radical (unpaired) electrons. The Hall–Kier alpha value is -3.08. The smallest absolute Gasteiger partial charge is 0.153 e. The molecule has 5 heteroatoms. The lowest BCUT2D eigenvalue weighted by Crippen LogP contribution is -2.08. The summed E-state index contributed by atoms with van der Waals surface area (Å²) in [5.41, 5.74) is 8.08. The molecule has 0 spiro atoms. The number of rotatable bonds is 6. The number of nitrogens with one attached hydrogen (secondary N) is 1. The van der Waals surface area contributed by atoms with E-state index in [-0.39, 0.29) is 0 Å². The number of nitrogens with zero attached hydrogens (tertiary/aromatic N) is 3. The number of unbranched alkanes of at least 4 members (excludes halogenated alkanes) is 1. The summed E-state index contributed by atoms with van der Waals surface area (Å²) in [7, 11) is 0. The molecule has 0 bridgehead atoms. The first kappa shape index (κ1) is 16.4. The molecule has 3 N–H and O–H groups in total. The fraction of sp³-hybridized carbons (Fsp3) is 0.238. The quantitative estimate of drug-likeness (QED) is 0.507. The number of fused-ring (bicyclic) bond motifs is 2. The van der Waals surface area contributed by atoms with Crippen LogP contribution < -0.4 is 11.1 Å². The number of hydrogen-bond acceptors (Lipinski definition) is 4. The Bertz CT molecular complexity index is 1050. The molecule has 0 unspecified atom stereocenters. The number of nitrogens with two attached hydrogens (primary N) is 1. The molecule has 0 aliphatic carbocycles. The molecule has 1 aromatic carbocycles. The van der Waals surface area contributed by atoms with Gasteiger partial charge in [-0.1, -0.05) is 37.6 Å². The van der Waals surface area contributed by atoms with Gasteiger partial charge in [0.1, 0.15) is 5.82 Å². The second-order valence-corrected chi connectivity index (χ2v) is 6.58. The number of anilines is 2. The summed E-state index contributed by atoms with van der Waals surface area (Å²) in [6.45, 7) is 3.77. The molecule has 0 saturated heterocycles. The first-order chi connectivity index (χ1) is 12.7. The van der Waals surface area contributed by atoms with Crippen molar-refractivity contribution in [2.24, 2.45) is 0 Å². The second-order valence-electron chi connectivity index (χ2n) is 6.58. The van der Waals surface area contributed by atoms with Crippen LogP contribution in [0.25, 0.3) is 21.7 Å². The van der Waals surface area contributed by atoms with E-state index in [1.165, 1.54) is 5.39 Å². The van der Waals surface area contributed by atoms with Gasteiger partial charge in [0.25, 0.3) is 0 Å². The average Bonchev–Trinajstić information content (AvgIpc) is 3.04. The highest BCUT2D eigenvalue weighted by molar-refractivity contribution is 5.91. The van der Waals surface area contributed by atoms with Crippen LogP contribution in [0.3, 0.4) is 0 Å². The highest BCUT2D eigenvalue weighted by Gasteiger charge is 2.11. The monoisotopic (exact) mass is 345 g/mol. The molecular formula is C21H23N5. The number of nitrogen functional groups attached to an aromatic ring is 1. The van der Waals surface area contributed by atoms with Gasteiger partial charge >= 0.3 is 0 Å². The molecule has 0 atom stereocenters. The fourth-order valence-corrected chi connectivity index (χ4v) is 3.28.